The molecule has 12 heavy (non-hydrogen) atoms. The lowest BCUT2D eigenvalue weighted by molar-refractivity contribution is -0.0317. The van der Waals surface area contributed by atoms with Crippen molar-refractivity contribution in [2.45, 2.75) is 10.9 Å². The van der Waals surface area contributed by atoms with Gasteiger partial charge in [0, 0.05) is 6.20 Å². The van der Waals surface area contributed by atoms with Crippen LogP contribution in [0.25, 0.3) is 0 Å². The molecule has 0 fully saturated rings. The van der Waals surface area contributed by atoms with Crippen molar-refractivity contribution < 1.29 is 13.9 Å². The first kappa shape index (κ1) is 9.54. The number of rotatable bonds is 2. The van der Waals surface area contributed by atoms with Crippen molar-refractivity contribution in [3.63, 3.8) is 0 Å². The van der Waals surface area contributed by atoms with Crippen LogP contribution in [0, 0.1) is 0 Å². The van der Waals surface area contributed by atoms with Crippen molar-refractivity contribution in [2.24, 2.45) is 0 Å². The van der Waals surface area contributed by atoms with Crippen LogP contribution in [0.2, 0.25) is 0 Å². The van der Waals surface area contributed by atoms with Gasteiger partial charge in [0.2, 0.25) is 0 Å². The predicted octanol–water partition coefficient (Wildman–Crippen LogP) is 2.10. The Morgan fingerprint density at radius 3 is 2.58 bits per heavy atom. The fourth-order valence-electron chi connectivity index (χ4n) is 0.705. The van der Waals surface area contributed by atoms with Gasteiger partial charge < -0.3 is 5.11 Å². The van der Waals surface area contributed by atoms with Crippen LogP contribution in [0.1, 0.15) is 11.8 Å². The normalized spacial score (nSPS) is 14.3. The zero-order valence-electron chi connectivity index (χ0n) is 5.92. The third-order valence-corrected chi connectivity index (χ3v) is 1.71. The van der Waals surface area contributed by atoms with Crippen molar-refractivity contribution in [1.82, 2.24) is 4.98 Å². The highest BCUT2D eigenvalue weighted by molar-refractivity contribution is 9.10. The first-order valence-corrected chi connectivity index (χ1v) is 3.97. The maximum atomic E-state index is 12.4. The average molecular weight is 238 g/mol. The monoisotopic (exact) mass is 237 g/mol. The summed E-state index contributed by atoms with van der Waals surface area (Å²) in [6.07, 6.45) is -0.559. The van der Waals surface area contributed by atoms with Crippen LogP contribution in [0.4, 0.5) is 8.78 Å². The molecule has 0 bridgehead atoms. The SMILES string of the molecule is OC(c1ccccn1)C(F)(F)Br. The Morgan fingerprint density at radius 2 is 2.17 bits per heavy atom. The van der Waals surface area contributed by atoms with Gasteiger partial charge in [-0.1, -0.05) is 6.07 Å². The van der Waals surface area contributed by atoms with E-state index in [1.54, 1.807) is 6.07 Å². The summed E-state index contributed by atoms with van der Waals surface area (Å²) in [6.45, 7) is 0. The molecule has 0 saturated carbocycles. The minimum absolute atomic E-state index is 0.0561. The van der Waals surface area contributed by atoms with Crippen LogP contribution in [-0.2, 0) is 0 Å². The van der Waals surface area contributed by atoms with Crippen molar-refractivity contribution in [3.8, 4) is 0 Å². The van der Waals surface area contributed by atoms with Crippen LogP contribution < -0.4 is 0 Å². The minimum atomic E-state index is -3.33. The second-order valence-electron chi connectivity index (χ2n) is 2.20. The number of hydrogen-bond donors (Lipinski definition) is 1. The third-order valence-electron chi connectivity index (χ3n) is 1.28. The maximum absolute atomic E-state index is 12.4. The molecule has 0 aromatic carbocycles. The van der Waals surface area contributed by atoms with Crippen LogP contribution in [0.5, 0.6) is 0 Å². The number of pyridine rings is 1. The summed E-state index contributed by atoms with van der Waals surface area (Å²) in [5, 5.41) is 9.00. The van der Waals surface area contributed by atoms with Crippen LogP contribution >= 0.6 is 15.9 Å². The van der Waals surface area contributed by atoms with E-state index in [4.69, 9.17) is 5.11 Å². The molecule has 0 aliphatic heterocycles. The first-order chi connectivity index (χ1) is 5.52. The molecule has 2 nitrogen and oxygen atoms in total. The number of aliphatic hydroxyl groups is 1. The molecule has 0 radical (unpaired) electrons. The summed E-state index contributed by atoms with van der Waals surface area (Å²) < 4.78 is 24.9. The van der Waals surface area contributed by atoms with Crippen molar-refractivity contribution in [3.05, 3.63) is 30.1 Å². The van der Waals surface area contributed by atoms with Crippen LogP contribution in [-0.4, -0.2) is 14.9 Å². The number of hydrogen-bond acceptors (Lipinski definition) is 2. The van der Waals surface area contributed by atoms with Gasteiger partial charge in [0.1, 0.15) is 0 Å². The summed E-state index contributed by atoms with van der Waals surface area (Å²) >= 11 is 2.06. The summed E-state index contributed by atoms with van der Waals surface area (Å²) in [5.41, 5.74) is -0.0561. The van der Waals surface area contributed by atoms with Crippen molar-refractivity contribution >= 4 is 15.9 Å². The molecular weight excluding hydrogens is 232 g/mol. The summed E-state index contributed by atoms with van der Waals surface area (Å²) in [6, 6.07) is 4.45. The van der Waals surface area contributed by atoms with Gasteiger partial charge in [0.15, 0.2) is 6.10 Å². The first-order valence-electron chi connectivity index (χ1n) is 3.17. The van der Waals surface area contributed by atoms with Gasteiger partial charge in [-0.3, -0.25) is 4.98 Å². The Labute approximate surface area is 76.4 Å². The zero-order chi connectivity index (χ0) is 9.19. The van der Waals surface area contributed by atoms with E-state index >= 15 is 0 Å². The molecular formula is C7H6BrF2NO. The molecule has 1 aromatic heterocycles. The molecule has 0 spiro atoms. The minimum Gasteiger partial charge on any atom is -0.380 e. The molecule has 0 amide bonds. The van der Waals surface area contributed by atoms with E-state index in [1.807, 2.05) is 0 Å². The van der Waals surface area contributed by atoms with Gasteiger partial charge in [0.25, 0.3) is 0 Å². The summed E-state index contributed by atoms with van der Waals surface area (Å²) in [5.74, 6) is 0. The van der Waals surface area contributed by atoms with E-state index in [9.17, 15) is 8.78 Å². The van der Waals surface area contributed by atoms with E-state index in [2.05, 4.69) is 20.9 Å². The van der Waals surface area contributed by atoms with Crippen LogP contribution in [0.3, 0.4) is 0 Å². The number of nitrogens with zero attached hydrogens (tertiary/aromatic N) is 1. The molecule has 1 heterocycles. The highest BCUT2D eigenvalue weighted by Gasteiger charge is 2.36. The predicted molar refractivity (Wildman–Crippen MR) is 43.1 cm³/mol. The fourth-order valence-corrected chi connectivity index (χ4v) is 0.940. The van der Waals surface area contributed by atoms with Crippen molar-refractivity contribution in [2.75, 3.05) is 0 Å². The zero-order valence-corrected chi connectivity index (χ0v) is 7.50. The number of aromatic nitrogens is 1. The molecule has 1 rings (SSSR count). The van der Waals surface area contributed by atoms with E-state index in [1.165, 1.54) is 18.3 Å². The average Bonchev–Trinajstić information content (AvgIpc) is 2.03. The lowest BCUT2D eigenvalue weighted by atomic mass is 10.2. The standard InChI is InChI=1S/C7H6BrF2NO/c8-7(9,10)6(12)5-3-1-2-4-11-5/h1-4,6,12H. The van der Waals surface area contributed by atoms with Gasteiger partial charge in [0.05, 0.1) is 5.69 Å². The Hall–Kier alpha value is -0.550. The number of halogens is 3. The quantitative estimate of drug-likeness (QED) is 0.800. The Balaban J connectivity index is 2.86. The largest absolute Gasteiger partial charge is 0.380 e. The Bertz CT molecular complexity index is 249. The summed E-state index contributed by atoms with van der Waals surface area (Å²) in [7, 11) is 0. The van der Waals surface area contributed by atoms with Gasteiger partial charge in [-0.2, -0.15) is 8.78 Å². The van der Waals surface area contributed by atoms with E-state index in [0.29, 0.717) is 0 Å². The molecule has 5 heteroatoms. The number of aliphatic hydroxyl groups excluding tert-OH is 1. The maximum Gasteiger partial charge on any atom is 0.332 e. The highest BCUT2D eigenvalue weighted by atomic mass is 79.9. The fraction of sp³-hybridized carbons (Fsp3) is 0.286. The molecule has 1 unspecified atom stereocenters. The van der Waals surface area contributed by atoms with Gasteiger partial charge in [-0.05, 0) is 28.1 Å². The lowest BCUT2D eigenvalue weighted by Crippen LogP contribution is -2.19. The van der Waals surface area contributed by atoms with Gasteiger partial charge >= 0.3 is 4.83 Å². The third kappa shape index (κ3) is 2.22. The topological polar surface area (TPSA) is 33.1 Å². The Morgan fingerprint density at radius 1 is 1.50 bits per heavy atom. The molecule has 1 atom stereocenters. The molecule has 0 saturated heterocycles. The molecule has 66 valence electrons. The van der Waals surface area contributed by atoms with E-state index in [-0.39, 0.29) is 5.69 Å². The number of alkyl halides is 3. The highest BCUT2D eigenvalue weighted by Crippen LogP contribution is 2.35. The molecule has 0 aliphatic rings. The van der Waals surface area contributed by atoms with Crippen LogP contribution in [0.15, 0.2) is 24.4 Å². The lowest BCUT2D eigenvalue weighted by Gasteiger charge is -2.14. The van der Waals surface area contributed by atoms with E-state index in [0.717, 1.165) is 0 Å². The van der Waals surface area contributed by atoms with E-state index < -0.39 is 10.9 Å². The Kier molecular flexibility index (Phi) is 2.74. The van der Waals surface area contributed by atoms with Crippen molar-refractivity contribution in [1.29, 1.82) is 0 Å². The summed E-state index contributed by atoms with van der Waals surface area (Å²) in [4.78, 5) is 0.253. The van der Waals surface area contributed by atoms with Gasteiger partial charge in [-0.25, -0.2) is 0 Å². The molecule has 1 aromatic rings. The molecule has 0 aliphatic carbocycles. The second-order valence-corrected chi connectivity index (χ2v) is 3.26. The van der Waals surface area contributed by atoms with Gasteiger partial charge in [-0.15, -0.1) is 0 Å². The smallest absolute Gasteiger partial charge is 0.332 e. The molecule has 1 N–H and O–H groups in total. The second kappa shape index (κ2) is 3.45.